The van der Waals surface area contributed by atoms with Crippen LogP contribution < -0.4 is 20.6 Å². The number of hydrogen-bond donors (Lipinski definition) is 2. The van der Waals surface area contributed by atoms with E-state index in [9.17, 15) is 9.59 Å². The van der Waals surface area contributed by atoms with E-state index in [2.05, 4.69) is 25.4 Å². The molecule has 4 rings (SSSR count). The van der Waals surface area contributed by atoms with Crippen LogP contribution in [0.2, 0.25) is 0 Å². The van der Waals surface area contributed by atoms with Crippen molar-refractivity contribution in [3.63, 3.8) is 0 Å². The minimum absolute atomic E-state index is 0.000795. The normalized spacial score (nSPS) is 14.7. The Labute approximate surface area is 198 Å². The molecule has 1 aliphatic rings. The van der Waals surface area contributed by atoms with Gasteiger partial charge < -0.3 is 10.1 Å². The number of carbonyl (C=O) groups is 1. The van der Waals surface area contributed by atoms with Gasteiger partial charge in [-0.25, -0.2) is 14.8 Å². The molecule has 3 aromatic rings. The van der Waals surface area contributed by atoms with Crippen molar-refractivity contribution in [3.05, 3.63) is 52.5 Å². The van der Waals surface area contributed by atoms with Gasteiger partial charge in [0.1, 0.15) is 23.1 Å². The van der Waals surface area contributed by atoms with Crippen molar-refractivity contribution in [1.82, 2.24) is 30.0 Å². The summed E-state index contributed by atoms with van der Waals surface area (Å²) in [4.78, 5) is 38.5. The summed E-state index contributed by atoms with van der Waals surface area (Å²) in [5, 5.41) is 7.67. The van der Waals surface area contributed by atoms with Gasteiger partial charge in [0.2, 0.25) is 5.91 Å². The predicted molar refractivity (Wildman–Crippen MR) is 129 cm³/mol. The molecule has 34 heavy (non-hydrogen) atoms. The smallest absolute Gasteiger partial charge is 0.349 e. The summed E-state index contributed by atoms with van der Waals surface area (Å²) in [6, 6.07) is 6.90. The van der Waals surface area contributed by atoms with Crippen LogP contribution in [-0.2, 0) is 10.2 Å². The molecule has 2 N–H and O–H groups in total. The first-order chi connectivity index (χ1) is 16.1. The maximum Gasteiger partial charge on any atom is 0.349 e. The molecule has 1 fully saturated rings. The summed E-state index contributed by atoms with van der Waals surface area (Å²) in [6.07, 6.45) is 3.27. The van der Waals surface area contributed by atoms with E-state index < -0.39 is 0 Å². The number of nitrogens with zero attached hydrogens (tertiary/aromatic N) is 5. The Bertz CT molecular complexity index is 1240. The fraction of sp³-hybridized carbons (Fsp3) is 0.458. The second-order valence-electron chi connectivity index (χ2n) is 9.57. The highest BCUT2D eigenvalue weighted by Gasteiger charge is 2.25. The lowest BCUT2D eigenvalue weighted by atomic mass is 9.96. The molecule has 0 aliphatic carbocycles. The highest BCUT2D eigenvalue weighted by Crippen LogP contribution is 2.28. The molecule has 1 aliphatic heterocycles. The van der Waals surface area contributed by atoms with E-state index in [1.165, 1.54) is 4.68 Å². The van der Waals surface area contributed by atoms with Crippen LogP contribution in [-0.4, -0.2) is 50.8 Å². The van der Waals surface area contributed by atoms with Crippen LogP contribution in [0.1, 0.15) is 45.1 Å². The number of aromatic amines is 1. The molecule has 180 valence electrons. The largest absolute Gasteiger partial charge is 0.455 e. The quantitative estimate of drug-likeness (QED) is 0.595. The first kappa shape index (κ1) is 23.6. The summed E-state index contributed by atoms with van der Waals surface area (Å²) in [6.45, 7) is 9.44. The lowest BCUT2D eigenvalue weighted by Crippen LogP contribution is -2.39. The molecule has 0 aromatic carbocycles. The molecular weight excluding hydrogens is 434 g/mol. The number of aryl methyl sites for hydroxylation is 1. The summed E-state index contributed by atoms with van der Waals surface area (Å²) in [7, 11) is 1.74. The number of carbonyl (C=O) groups excluding carboxylic acids is 1. The lowest BCUT2D eigenvalue weighted by Gasteiger charge is -2.26. The number of hydrogen-bond acceptors (Lipinski definition) is 7. The van der Waals surface area contributed by atoms with Crippen LogP contribution in [0, 0.1) is 12.8 Å². The third-order valence-electron chi connectivity index (χ3n) is 5.88. The maximum absolute atomic E-state index is 12.9. The number of nitrogens with one attached hydrogen (secondary N) is 2. The van der Waals surface area contributed by atoms with Crippen molar-refractivity contribution in [2.75, 3.05) is 25.0 Å². The first-order valence-electron chi connectivity index (χ1n) is 11.4. The second-order valence-corrected chi connectivity index (χ2v) is 9.57. The molecule has 0 saturated carbocycles. The Morgan fingerprint density at radius 1 is 1.21 bits per heavy atom. The van der Waals surface area contributed by atoms with Gasteiger partial charge in [0, 0.05) is 30.6 Å². The number of H-pyrrole nitrogens is 1. The molecule has 3 aromatic heterocycles. The number of ether oxygens (including phenoxy) is 1. The first-order valence-corrected chi connectivity index (χ1v) is 11.4. The van der Waals surface area contributed by atoms with Crippen molar-refractivity contribution < 1.29 is 9.53 Å². The molecule has 0 bridgehead atoms. The van der Waals surface area contributed by atoms with E-state index in [4.69, 9.17) is 4.74 Å². The molecule has 0 radical (unpaired) electrons. The lowest BCUT2D eigenvalue weighted by molar-refractivity contribution is -0.122. The van der Waals surface area contributed by atoms with Crippen molar-refractivity contribution in [2.24, 2.45) is 5.92 Å². The summed E-state index contributed by atoms with van der Waals surface area (Å²) in [5.74, 6) is 2.66. The van der Waals surface area contributed by atoms with Gasteiger partial charge in [-0.15, -0.1) is 5.10 Å². The third kappa shape index (κ3) is 5.01. The van der Waals surface area contributed by atoms with Crippen molar-refractivity contribution in [1.29, 1.82) is 0 Å². The van der Waals surface area contributed by atoms with Crippen LogP contribution in [0.4, 0.5) is 5.82 Å². The molecule has 4 heterocycles. The van der Waals surface area contributed by atoms with Gasteiger partial charge >= 0.3 is 5.69 Å². The zero-order valence-corrected chi connectivity index (χ0v) is 20.3. The van der Waals surface area contributed by atoms with Gasteiger partial charge in [-0.2, -0.15) is 4.68 Å². The van der Waals surface area contributed by atoms with E-state index in [1.54, 1.807) is 49.3 Å². The number of piperidine rings is 1. The molecule has 0 spiro atoms. The van der Waals surface area contributed by atoms with Gasteiger partial charge in [0.15, 0.2) is 5.82 Å². The number of anilines is 1. The molecule has 1 amide bonds. The van der Waals surface area contributed by atoms with Crippen LogP contribution in [0.15, 0.2) is 35.3 Å². The zero-order chi connectivity index (χ0) is 24.5. The van der Waals surface area contributed by atoms with Gasteiger partial charge in [-0.3, -0.25) is 14.7 Å². The van der Waals surface area contributed by atoms with E-state index in [1.807, 2.05) is 20.8 Å². The Hall–Kier alpha value is -3.53. The molecule has 10 nitrogen and oxygen atoms in total. The van der Waals surface area contributed by atoms with Crippen LogP contribution in [0.3, 0.4) is 0 Å². The van der Waals surface area contributed by atoms with E-state index >= 15 is 0 Å². The Morgan fingerprint density at radius 2 is 1.94 bits per heavy atom. The van der Waals surface area contributed by atoms with Crippen molar-refractivity contribution in [3.8, 4) is 17.3 Å². The Morgan fingerprint density at radius 3 is 2.59 bits per heavy atom. The fourth-order valence-corrected chi connectivity index (χ4v) is 3.81. The Kier molecular flexibility index (Phi) is 6.52. The van der Waals surface area contributed by atoms with Crippen LogP contribution in [0.5, 0.6) is 11.5 Å². The standard InChI is InChI=1S/C24H31N7O3/c1-15-18(6-7-19(27-15)31-23(33)28-22(29-31)24(2,3)4)34-17-10-13-26-20(14-17)30(5)21(32)16-8-11-25-12-9-16/h6-7,10,13-14,16,25H,8-9,11-12H2,1-5H3,(H,28,29,33). The van der Waals surface area contributed by atoms with Crippen LogP contribution >= 0.6 is 0 Å². The van der Waals surface area contributed by atoms with Gasteiger partial charge in [-0.1, -0.05) is 20.8 Å². The minimum Gasteiger partial charge on any atom is -0.455 e. The van der Waals surface area contributed by atoms with Gasteiger partial charge in [0.25, 0.3) is 0 Å². The zero-order valence-electron chi connectivity index (χ0n) is 20.3. The summed E-state index contributed by atoms with van der Waals surface area (Å²) < 4.78 is 7.29. The SMILES string of the molecule is Cc1nc(-n2nc(C(C)(C)C)[nH]c2=O)ccc1Oc1ccnc(N(C)C(=O)C2CCNCC2)c1. The number of aromatic nitrogens is 5. The highest BCUT2D eigenvalue weighted by molar-refractivity contribution is 5.93. The van der Waals surface area contributed by atoms with E-state index in [-0.39, 0.29) is 22.9 Å². The van der Waals surface area contributed by atoms with Crippen LogP contribution in [0.25, 0.3) is 5.82 Å². The molecule has 0 unspecified atom stereocenters. The topological polar surface area (TPSA) is 118 Å². The van der Waals surface area contributed by atoms with Crippen molar-refractivity contribution >= 4 is 11.7 Å². The number of amides is 1. The monoisotopic (exact) mass is 465 g/mol. The average Bonchev–Trinajstić information content (AvgIpc) is 3.22. The molecule has 10 heteroatoms. The molecular formula is C24H31N7O3. The average molecular weight is 466 g/mol. The van der Waals surface area contributed by atoms with Crippen molar-refractivity contribution in [2.45, 2.75) is 46.0 Å². The fourth-order valence-electron chi connectivity index (χ4n) is 3.81. The summed E-state index contributed by atoms with van der Waals surface area (Å²) in [5.41, 5.74) is -0.0304. The van der Waals surface area contributed by atoms with E-state index in [0.717, 1.165) is 25.9 Å². The molecule has 1 saturated heterocycles. The number of rotatable bonds is 5. The minimum atomic E-state index is -0.342. The number of pyridine rings is 2. The van der Waals surface area contributed by atoms with E-state index in [0.29, 0.717) is 34.7 Å². The molecule has 0 atom stereocenters. The predicted octanol–water partition coefficient (Wildman–Crippen LogP) is 2.71. The second kappa shape index (κ2) is 9.38. The highest BCUT2D eigenvalue weighted by atomic mass is 16.5. The Balaban J connectivity index is 1.52. The van der Waals surface area contributed by atoms with Gasteiger partial charge in [-0.05, 0) is 51.1 Å². The third-order valence-corrected chi connectivity index (χ3v) is 5.88. The van der Waals surface area contributed by atoms with Gasteiger partial charge in [0.05, 0.1) is 5.69 Å². The summed E-state index contributed by atoms with van der Waals surface area (Å²) >= 11 is 0. The maximum atomic E-state index is 12.9.